The zero-order valence-electron chi connectivity index (χ0n) is 5.34. The lowest BCUT2D eigenvalue weighted by Crippen LogP contribution is -1.94. The lowest BCUT2D eigenvalue weighted by molar-refractivity contribution is 0.571. The molecule has 0 aliphatic rings. The molecule has 0 unspecified atom stereocenters. The maximum absolute atomic E-state index is 8.90. The quantitative estimate of drug-likeness (QED) is 0.713. The molecule has 0 bridgehead atoms. The SMILES string of the molecule is OC(=S)c1ccc(Cl)cc1Cl. The summed E-state index contributed by atoms with van der Waals surface area (Å²) < 4.78 is 0. The van der Waals surface area contributed by atoms with Gasteiger partial charge in [-0.1, -0.05) is 23.2 Å². The van der Waals surface area contributed by atoms with Crippen molar-refractivity contribution in [2.45, 2.75) is 0 Å². The molecule has 0 aliphatic heterocycles. The zero-order valence-corrected chi connectivity index (χ0v) is 7.67. The van der Waals surface area contributed by atoms with Gasteiger partial charge in [0.15, 0.2) is 5.05 Å². The highest BCUT2D eigenvalue weighted by Gasteiger charge is 2.03. The molecule has 0 fully saturated rings. The van der Waals surface area contributed by atoms with E-state index in [9.17, 15) is 0 Å². The molecule has 0 heterocycles. The van der Waals surface area contributed by atoms with E-state index in [1.54, 1.807) is 12.1 Å². The second kappa shape index (κ2) is 3.39. The van der Waals surface area contributed by atoms with Gasteiger partial charge in [-0.3, -0.25) is 0 Å². The Kier molecular flexibility index (Phi) is 2.71. The van der Waals surface area contributed by atoms with Gasteiger partial charge >= 0.3 is 0 Å². The van der Waals surface area contributed by atoms with E-state index in [1.165, 1.54) is 6.07 Å². The Morgan fingerprint density at radius 1 is 1.36 bits per heavy atom. The third-order valence-electron chi connectivity index (χ3n) is 1.16. The maximum atomic E-state index is 8.90. The minimum absolute atomic E-state index is 0.216. The molecular formula is C7H4Cl2OS. The fraction of sp³-hybridized carbons (Fsp3) is 0. The van der Waals surface area contributed by atoms with E-state index < -0.39 is 0 Å². The van der Waals surface area contributed by atoms with E-state index in [0.29, 0.717) is 15.6 Å². The largest absolute Gasteiger partial charge is 0.498 e. The van der Waals surface area contributed by atoms with Crippen LogP contribution in [0.4, 0.5) is 0 Å². The number of hydrogen-bond donors (Lipinski definition) is 1. The third kappa shape index (κ3) is 2.06. The van der Waals surface area contributed by atoms with Gasteiger partial charge < -0.3 is 5.11 Å². The van der Waals surface area contributed by atoms with Crippen LogP contribution in [0.15, 0.2) is 18.2 Å². The molecule has 0 spiro atoms. The predicted octanol–water partition coefficient (Wildman–Crippen LogP) is 3.23. The van der Waals surface area contributed by atoms with Crippen LogP contribution in [0.25, 0.3) is 0 Å². The van der Waals surface area contributed by atoms with Crippen LogP contribution in [0.2, 0.25) is 10.0 Å². The van der Waals surface area contributed by atoms with Crippen LogP contribution in [-0.4, -0.2) is 10.2 Å². The highest BCUT2D eigenvalue weighted by atomic mass is 35.5. The lowest BCUT2D eigenvalue weighted by atomic mass is 10.2. The second-order valence-electron chi connectivity index (χ2n) is 1.93. The number of halogens is 2. The van der Waals surface area contributed by atoms with Crippen molar-refractivity contribution < 1.29 is 5.11 Å². The minimum atomic E-state index is -0.216. The Morgan fingerprint density at radius 3 is 2.45 bits per heavy atom. The first-order chi connectivity index (χ1) is 5.11. The van der Waals surface area contributed by atoms with Crippen molar-refractivity contribution in [3.8, 4) is 0 Å². The molecule has 0 radical (unpaired) electrons. The van der Waals surface area contributed by atoms with E-state index in [4.69, 9.17) is 28.3 Å². The number of aliphatic hydroxyl groups is 1. The number of rotatable bonds is 1. The summed E-state index contributed by atoms with van der Waals surface area (Å²) in [5.74, 6) is 0. The number of benzene rings is 1. The molecule has 0 aliphatic carbocycles. The normalized spacial score (nSPS) is 9.64. The average Bonchev–Trinajstić information content (AvgIpc) is 1.85. The summed E-state index contributed by atoms with van der Waals surface area (Å²) in [5, 5.41) is 9.57. The van der Waals surface area contributed by atoms with Gasteiger partial charge in [0.05, 0.1) is 5.02 Å². The molecule has 0 saturated heterocycles. The zero-order chi connectivity index (χ0) is 8.43. The molecular weight excluding hydrogens is 203 g/mol. The van der Waals surface area contributed by atoms with Crippen molar-refractivity contribution in [2.75, 3.05) is 0 Å². The van der Waals surface area contributed by atoms with Crippen LogP contribution < -0.4 is 0 Å². The molecule has 1 aromatic carbocycles. The van der Waals surface area contributed by atoms with Crippen molar-refractivity contribution in [3.63, 3.8) is 0 Å². The Bertz CT molecular complexity index is 298. The molecule has 4 heteroatoms. The van der Waals surface area contributed by atoms with Gasteiger partial charge in [0, 0.05) is 10.6 Å². The first kappa shape index (κ1) is 8.78. The third-order valence-corrected chi connectivity index (χ3v) is 1.93. The van der Waals surface area contributed by atoms with Gasteiger partial charge in [0.1, 0.15) is 0 Å². The first-order valence-electron chi connectivity index (χ1n) is 2.79. The summed E-state index contributed by atoms with van der Waals surface area (Å²) >= 11 is 15.8. The molecule has 0 aromatic heterocycles. The van der Waals surface area contributed by atoms with Crippen molar-refractivity contribution in [3.05, 3.63) is 33.8 Å². The number of aliphatic hydroxyl groups excluding tert-OH is 1. The fourth-order valence-electron chi connectivity index (χ4n) is 0.663. The Hall–Kier alpha value is -0.310. The highest BCUT2D eigenvalue weighted by Crippen LogP contribution is 2.20. The van der Waals surface area contributed by atoms with Crippen LogP contribution in [0.3, 0.4) is 0 Å². The fourth-order valence-corrected chi connectivity index (χ4v) is 1.39. The van der Waals surface area contributed by atoms with Crippen LogP contribution in [0.5, 0.6) is 0 Å². The average molecular weight is 207 g/mol. The van der Waals surface area contributed by atoms with Gasteiger partial charge in [0.2, 0.25) is 0 Å². The molecule has 1 nitrogen and oxygen atoms in total. The van der Waals surface area contributed by atoms with Gasteiger partial charge in [-0.05, 0) is 30.4 Å². The molecule has 0 atom stereocenters. The van der Waals surface area contributed by atoms with Gasteiger partial charge in [-0.15, -0.1) is 0 Å². The standard InChI is InChI=1S/C7H4Cl2OS/c8-4-1-2-5(7(10)11)6(9)3-4/h1-3H,(H,10,11). The summed E-state index contributed by atoms with van der Waals surface area (Å²) in [6, 6.07) is 4.72. The van der Waals surface area contributed by atoms with Gasteiger partial charge in [0.25, 0.3) is 0 Å². The van der Waals surface area contributed by atoms with Crippen LogP contribution in [0.1, 0.15) is 5.56 Å². The smallest absolute Gasteiger partial charge is 0.190 e. The number of thiocarbonyl (C=S) groups is 1. The van der Waals surface area contributed by atoms with Crippen LogP contribution in [0, 0.1) is 0 Å². The van der Waals surface area contributed by atoms with E-state index in [1.807, 2.05) is 0 Å². The molecule has 1 rings (SSSR count). The monoisotopic (exact) mass is 206 g/mol. The Balaban J connectivity index is 3.20. The second-order valence-corrected chi connectivity index (χ2v) is 3.16. The molecule has 58 valence electrons. The summed E-state index contributed by atoms with van der Waals surface area (Å²) in [7, 11) is 0. The van der Waals surface area contributed by atoms with E-state index >= 15 is 0 Å². The molecule has 11 heavy (non-hydrogen) atoms. The highest BCUT2D eigenvalue weighted by molar-refractivity contribution is 7.80. The minimum Gasteiger partial charge on any atom is -0.498 e. The van der Waals surface area contributed by atoms with E-state index in [0.717, 1.165) is 0 Å². The first-order valence-corrected chi connectivity index (χ1v) is 3.96. The van der Waals surface area contributed by atoms with E-state index in [-0.39, 0.29) is 5.05 Å². The van der Waals surface area contributed by atoms with E-state index in [2.05, 4.69) is 12.2 Å². The Morgan fingerprint density at radius 2 is 2.00 bits per heavy atom. The summed E-state index contributed by atoms with van der Waals surface area (Å²) in [4.78, 5) is 0. The summed E-state index contributed by atoms with van der Waals surface area (Å²) in [5.41, 5.74) is 0.436. The van der Waals surface area contributed by atoms with Crippen molar-refractivity contribution in [2.24, 2.45) is 0 Å². The Labute approximate surface area is 79.6 Å². The van der Waals surface area contributed by atoms with Gasteiger partial charge in [-0.25, -0.2) is 0 Å². The molecule has 0 saturated carbocycles. The predicted molar refractivity (Wildman–Crippen MR) is 50.8 cm³/mol. The van der Waals surface area contributed by atoms with Crippen molar-refractivity contribution >= 4 is 40.5 Å². The topological polar surface area (TPSA) is 20.2 Å². The van der Waals surface area contributed by atoms with Crippen LogP contribution >= 0.6 is 35.4 Å². The summed E-state index contributed by atoms with van der Waals surface area (Å²) in [6.45, 7) is 0. The maximum Gasteiger partial charge on any atom is 0.190 e. The van der Waals surface area contributed by atoms with Crippen molar-refractivity contribution in [1.82, 2.24) is 0 Å². The lowest BCUT2D eigenvalue weighted by Gasteiger charge is -1.99. The van der Waals surface area contributed by atoms with Gasteiger partial charge in [-0.2, -0.15) is 0 Å². The molecule has 1 N–H and O–H groups in total. The molecule has 1 aromatic rings. The van der Waals surface area contributed by atoms with Crippen LogP contribution in [-0.2, 0) is 0 Å². The number of hydrogen-bond acceptors (Lipinski definition) is 1. The molecule has 0 amide bonds. The summed E-state index contributed by atoms with van der Waals surface area (Å²) in [6.07, 6.45) is 0. The van der Waals surface area contributed by atoms with Crippen molar-refractivity contribution in [1.29, 1.82) is 0 Å².